The largest absolute Gasteiger partial charge is 0.416 e. The fourth-order valence-electron chi connectivity index (χ4n) is 2.06. The van der Waals surface area contributed by atoms with Crippen molar-refractivity contribution in [2.24, 2.45) is 5.92 Å². The van der Waals surface area contributed by atoms with Gasteiger partial charge in [0.05, 0.1) is 5.56 Å². The topological polar surface area (TPSA) is 125 Å². The number of hydrogen-bond donors (Lipinski definition) is 4. The number of rotatable bonds is 7. The van der Waals surface area contributed by atoms with Gasteiger partial charge in [0.25, 0.3) is 10.1 Å². The molecule has 3 amide bonds. The lowest BCUT2D eigenvalue weighted by Gasteiger charge is -2.20. The zero-order valence-corrected chi connectivity index (χ0v) is 15.3. The van der Waals surface area contributed by atoms with Crippen LogP contribution in [0, 0.1) is 5.92 Å². The number of alkyl halides is 3. The van der Waals surface area contributed by atoms with Gasteiger partial charge in [-0.15, -0.1) is 0 Å². The highest BCUT2D eigenvalue weighted by atomic mass is 32.2. The third-order valence-corrected chi connectivity index (χ3v) is 3.74. The lowest BCUT2D eigenvalue weighted by molar-refractivity contribution is -0.137. The standard InChI is InChI=1S/C15H20F3N3O5S/c1-9(2)7-12(13(22)19-8-27(24,25)26)21-14(23)20-11-5-3-10(4-6-11)15(16,17)18/h3-6,9,12H,7-8H2,1-2H3,(H,19,22)(H2,20,21,23)(H,24,25,26). The lowest BCUT2D eigenvalue weighted by atomic mass is 10.0. The highest BCUT2D eigenvalue weighted by molar-refractivity contribution is 7.85. The first-order valence-corrected chi connectivity index (χ1v) is 9.36. The Hall–Kier alpha value is -2.34. The molecule has 4 N–H and O–H groups in total. The number of halogens is 3. The fourth-order valence-corrected chi connectivity index (χ4v) is 2.38. The lowest BCUT2D eigenvalue weighted by Crippen LogP contribution is -2.49. The van der Waals surface area contributed by atoms with E-state index in [0.29, 0.717) is 0 Å². The van der Waals surface area contributed by atoms with E-state index in [0.717, 1.165) is 24.3 Å². The first kappa shape index (κ1) is 22.7. The van der Waals surface area contributed by atoms with Gasteiger partial charge in [0.2, 0.25) is 5.91 Å². The Bertz CT molecular complexity index is 764. The molecule has 0 saturated heterocycles. The summed E-state index contributed by atoms with van der Waals surface area (Å²) in [7, 11) is -4.43. The second kappa shape index (κ2) is 9.04. The fraction of sp³-hybridized carbons (Fsp3) is 0.467. The van der Waals surface area contributed by atoms with Gasteiger partial charge in [-0.2, -0.15) is 21.6 Å². The summed E-state index contributed by atoms with van der Waals surface area (Å²) in [6.07, 6.45) is -4.34. The van der Waals surface area contributed by atoms with Crippen LogP contribution in [0.2, 0.25) is 0 Å². The van der Waals surface area contributed by atoms with Gasteiger partial charge < -0.3 is 16.0 Å². The normalized spacial score (nSPS) is 13.1. The van der Waals surface area contributed by atoms with Crippen LogP contribution in [-0.2, 0) is 21.1 Å². The van der Waals surface area contributed by atoms with Crippen molar-refractivity contribution in [1.82, 2.24) is 10.6 Å². The van der Waals surface area contributed by atoms with E-state index in [4.69, 9.17) is 4.55 Å². The summed E-state index contributed by atoms with van der Waals surface area (Å²) < 4.78 is 67.6. The van der Waals surface area contributed by atoms with E-state index in [1.165, 1.54) is 0 Å². The van der Waals surface area contributed by atoms with Crippen molar-refractivity contribution in [2.45, 2.75) is 32.5 Å². The zero-order chi connectivity index (χ0) is 20.8. The van der Waals surface area contributed by atoms with E-state index in [1.54, 1.807) is 13.8 Å². The van der Waals surface area contributed by atoms with Crippen LogP contribution < -0.4 is 16.0 Å². The Kier molecular flexibility index (Phi) is 7.60. The molecule has 0 aromatic heterocycles. The monoisotopic (exact) mass is 411 g/mol. The molecular weight excluding hydrogens is 391 g/mol. The maximum atomic E-state index is 12.5. The third kappa shape index (κ3) is 8.73. The molecule has 1 unspecified atom stereocenters. The summed E-state index contributed by atoms with van der Waals surface area (Å²) in [5.74, 6) is -1.88. The average molecular weight is 411 g/mol. The summed E-state index contributed by atoms with van der Waals surface area (Å²) in [4.78, 5) is 24.0. The summed E-state index contributed by atoms with van der Waals surface area (Å²) in [5, 5.41) is 6.58. The van der Waals surface area contributed by atoms with Gasteiger partial charge >= 0.3 is 12.2 Å². The quantitative estimate of drug-likeness (QED) is 0.512. The predicted molar refractivity (Wildman–Crippen MR) is 91.4 cm³/mol. The molecule has 0 radical (unpaired) electrons. The maximum Gasteiger partial charge on any atom is 0.416 e. The molecule has 12 heteroatoms. The van der Waals surface area contributed by atoms with Crippen molar-refractivity contribution in [2.75, 3.05) is 11.2 Å². The van der Waals surface area contributed by atoms with Gasteiger partial charge in [0.15, 0.2) is 0 Å². The summed E-state index contributed by atoms with van der Waals surface area (Å²) in [6, 6.07) is 1.72. The van der Waals surface area contributed by atoms with Gasteiger partial charge in [-0.1, -0.05) is 13.8 Å². The van der Waals surface area contributed by atoms with E-state index >= 15 is 0 Å². The Morgan fingerprint density at radius 1 is 1.15 bits per heavy atom. The molecule has 0 aliphatic rings. The Morgan fingerprint density at radius 2 is 1.70 bits per heavy atom. The van der Waals surface area contributed by atoms with E-state index in [1.807, 2.05) is 5.32 Å². The molecule has 1 aromatic rings. The smallest absolute Gasteiger partial charge is 0.338 e. The van der Waals surface area contributed by atoms with Crippen LogP contribution >= 0.6 is 0 Å². The van der Waals surface area contributed by atoms with Crippen LogP contribution in [0.25, 0.3) is 0 Å². The van der Waals surface area contributed by atoms with Gasteiger partial charge in [-0.3, -0.25) is 9.35 Å². The SMILES string of the molecule is CC(C)CC(NC(=O)Nc1ccc(C(F)(F)F)cc1)C(=O)NCS(=O)(=O)O. The molecule has 1 rings (SSSR count). The van der Waals surface area contributed by atoms with Crippen LogP contribution in [0.1, 0.15) is 25.8 Å². The van der Waals surface area contributed by atoms with E-state index in [-0.39, 0.29) is 18.0 Å². The molecule has 0 bridgehead atoms. The number of urea groups is 1. The molecule has 8 nitrogen and oxygen atoms in total. The van der Waals surface area contributed by atoms with Crippen molar-refractivity contribution in [3.63, 3.8) is 0 Å². The van der Waals surface area contributed by atoms with Crippen molar-refractivity contribution in [3.05, 3.63) is 29.8 Å². The zero-order valence-electron chi connectivity index (χ0n) is 14.5. The van der Waals surface area contributed by atoms with Gasteiger partial charge in [0, 0.05) is 5.69 Å². The third-order valence-electron chi connectivity index (χ3n) is 3.23. The molecule has 0 aliphatic carbocycles. The Labute approximate surface area is 154 Å². The number of anilines is 1. The molecule has 1 atom stereocenters. The van der Waals surface area contributed by atoms with Gasteiger partial charge in [-0.05, 0) is 36.6 Å². The average Bonchev–Trinajstić information content (AvgIpc) is 2.50. The molecule has 0 aliphatic heterocycles. The molecule has 0 spiro atoms. The number of hydrogen-bond acceptors (Lipinski definition) is 4. The second-order valence-electron chi connectivity index (χ2n) is 6.12. The minimum absolute atomic E-state index is 0.0437. The molecule has 152 valence electrons. The van der Waals surface area contributed by atoms with E-state index in [2.05, 4.69) is 10.6 Å². The van der Waals surface area contributed by atoms with Crippen molar-refractivity contribution in [3.8, 4) is 0 Å². The number of carbonyl (C=O) groups is 2. The van der Waals surface area contributed by atoms with E-state index in [9.17, 15) is 31.2 Å². The van der Waals surface area contributed by atoms with Crippen LogP contribution in [0.3, 0.4) is 0 Å². The number of amides is 3. The molecule has 27 heavy (non-hydrogen) atoms. The first-order valence-electron chi connectivity index (χ1n) is 7.75. The van der Waals surface area contributed by atoms with Crippen molar-refractivity contribution >= 4 is 27.7 Å². The number of benzene rings is 1. The molecule has 0 saturated carbocycles. The summed E-state index contributed by atoms with van der Waals surface area (Å²) >= 11 is 0. The predicted octanol–water partition coefficient (Wildman–Crippen LogP) is 2.20. The van der Waals surface area contributed by atoms with Gasteiger partial charge in [0.1, 0.15) is 11.9 Å². The molecular formula is C15H20F3N3O5S. The van der Waals surface area contributed by atoms with Crippen LogP contribution in [0.15, 0.2) is 24.3 Å². The highest BCUT2D eigenvalue weighted by Crippen LogP contribution is 2.29. The summed E-state index contributed by atoms with van der Waals surface area (Å²) in [5.41, 5.74) is -0.808. The molecule has 0 fully saturated rings. The Balaban J connectivity index is 2.74. The molecule has 1 aromatic carbocycles. The summed E-state index contributed by atoms with van der Waals surface area (Å²) in [6.45, 7) is 3.52. The molecule has 0 heterocycles. The van der Waals surface area contributed by atoms with Crippen molar-refractivity contribution in [1.29, 1.82) is 0 Å². The minimum Gasteiger partial charge on any atom is -0.338 e. The minimum atomic E-state index is -4.51. The van der Waals surface area contributed by atoms with E-state index < -0.39 is 45.7 Å². The maximum absolute atomic E-state index is 12.5. The van der Waals surface area contributed by atoms with Gasteiger partial charge in [-0.25, -0.2) is 4.79 Å². The Morgan fingerprint density at radius 3 is 2.15 bits per heavy atom. The number of nitrogens with one attached hydrogen (secondary N) is 3. The van der Waals surface area contributed by atoms with Crippen LogP contribution in [0.5, 0.6) is 0 Å². The highest BCUT2D eigenvalue weighted by Gasteiger charge is 2.30. The van der Waals surface area contributed by atoms with Crippen LogP contribution in [-0.4, -0.2) is 36.8 Å². The first-order chi connectivity index (χ1) is 12.3. The van der Waals surface area contributed by atoms with Crippen molar-refractivity contribution < 1.29 is 35.7 Å². The van der Waals surface area contributed by atoms with Crippen LogP contribution in [0.4, 0.5) is 23.7 Å². The number of carbonyl (C=O) groups excluding carboxylic acids is 2. The second-order valence-corrected chi connectivity index (χ2v) is 7.58.